The van der Waals surface area contributed by atoms with E-state index in [0.717, 1.165) is 0 Å². The minimum atomic E-state index is -1.89. The molecule has 5 nitrogen and oxygen atoms in total. The fourth-order valence-corrected chi connectivity index (χ4v) is 5.05. The molecule has 1 amide bonds. The molecular formula is C23H27NO4Si. The number of amides is 1. The zero-order valence-electron chi connectivity index (χ0n) is 17.3. The number of benzene rings is 2. The van der Waals surface area contributed by atoms with Crippen LogP contribution in [0.25, 0.3) is 0 Å². The number of likely N-dealkylation sites (tertiary alicyclic amines) is 1. The van der Waals surface area contributed by atoms with Gasteiger partial charge in [0.25, 0.3) is 0 Å². The smallest absolute Gasteiger partial charge is 0.231 e. The van der Waals surface area contributed by atoms with Gasteiger partial charge < -0.3 is 9.33 Å². The van der Waals surface area contributed by atoms with Gasteiger partial charge in [-0.3, -0.25) is 14.4 Å². The van der Waals surface area contributed by atoms with Gasteiger partial charge in [-0.05, 0) is 26.6 Å². The van der Waals surface area contributed by atoms with Gasteiger partial charge in [-0.15, -0.1) is 0 Å². The van der Waals surface area contributed by atoms with Gasteiger partial charge in [0.2, 0.25) is 5.91 Å². The van der Waals surface area contributed by atoms with Crippen molar-refractivity contribution < 1.29 is 18.8 Å². The second kappa shape index (κ2) is 8.43. The van der Waals surface area contributed by atoms with E-state index in [1.165, 1.54) is 4.90 Å². The van der Waals surface area contributed by atoms with Crippen molar-refractivity contribution in [1.82, 2.24) is 4.90 Å². The van der Waals surface area contributed by atoms with Crippen LogP contribution in [0.4, 0.5) is 0 Å². The minimum Gasteiger partial charge on any atom is -0.414 e. The summed E-state index contributed by atoms with van der Waals surface area (Å²) < 4.78 is 6.12. The van der Waals surface area contributed by atoms with Gasteiger partial charge in [-0.1, -0.05) is 60.7 Å². The van der Waals surface area contributed by atoms with Crippen LogP contribution in [0, 0.1) is 5.92 Å². The Kier molecular flexibility index (Phi) is 6.15. The van der Waals surface area contributed by atoms with E-state index in [4.69, 9.17) is 4.43 Å². The van der Waals surface area contributed by atoms with E-state index in [9.17, 15) is 14.4 Å². The lowest BCUT2D eigenvalue weighted by Crippen LogP contribution is -2.68. The molecule has 1 saturated heterocycles. The van der Waals surface area contributed by atoms with E-state index < -0.39 is 20.3 Å². The van der Waals surface area contributed by atoms with Gasteiger partial charge in [0, 0.05) is 11.1 Å². The van der Waals surface area contributed by atoms with E-state index in [0.29, 0.717) is 11.1 Å². The van der Waals surface area contributed by atoms with Crippen molar-refractivity contribution in [3.63, 3.8) is 0 Å². The zero-order valence-corrected chi connectivity index (χ0v) is 18.3. The van der Waals surface area contributed by atoms with E-state index in [1.807, 2.05) is 19.1 Å². The molecule has 0 saturated carbocycles. The highest BCUT2D eigenvalue weighted by Gasteiger charge is 2.54. The van der Waals surface area contributed by atoms with Crippen molar-refractivity contribution in [3.8, 4) is 0 Å². The maximum absolute atomic E-state index is 13.2. The number of ketones is 2. The second-order valence-corrected chi connectivity index (χ2v) is 12.9. The molecule has 29 heavy (non-hydrogen) atoms. The molecule has 0 unspecified atom stereocenters. The van der Waals surface area contributed by atoms with Crippen LogP contribution in [0.3, 0.4) is 0 Å². The quantitative estimate of drug-likeness (QED) is 0.378. The second-order valence-electron chi connectivity index (χ2n) is 8.39. The lowest BCUT2D eigenvalue weighted by atomic mass is 9.78. The summed E-state index contributed by atoms with van der Waals surface area (Å²) in [7, 11) is -1.89. The first kappa shape index (κ1) is 21.1. The molecule has 1 aliphatic heterocycles. The molecule has 1 aliphatic rings. The number of β-lactam (4-membered cyclic amide) rings is 1. The first-order chi connectivity index (χ1) is 13.7. The summed E-state index contributed by atoms with van der Waals surface area (Å²) in [6.07, 6.45) is -0.380. The molecule has 0 radical (unpaired) electrons. The Morgan fingerprint density at radius 3 is 2.00 bits per heavy atom. The van der Waals surface area contributed by atoms with E-state index in [1.54, 1.807) is 48.5 Å². The van der Waals surface area contributed by atoms with Crippen LogP contribution in [0.5, 0.6) is 0 Å². The summed E-state index contributed by atoms with van der Waals surface area (Å²) in [6, 6.07) is 17.1. The first-order valence-corrected chi connectivity index (χ1v) is 13.3. The summed E-state index contributed by atoms with van der Waals surface area (Å²) in [5.41, 5.74) is 1.06. The largest absolute Gasteiger partial charge is 0.414 e. The first-order valence-electron chi connectivity index (χ1n) is 9.85. The molecule has 152 valence electrons. The van der Waals surface area contributed by atoms with E-state index in [2.05, 4.69) is 19.6 Å². The van der Waals surface area contributed by atoms with Crippen LogP contribution in [-0.4, -0.2) is 49.4 Å². The number of carbonyl (C=O) groups excluding carboxylic acids is 3. The Labute approximate surface area is 172 Å². The van der Waals surface area contributed by atoms with Crippen LogP contribution >= 0.6 is 0 Å². The molecule has 1 heterocycles. The normalized spacial score (nSPS) is 20.1. The molecule has 2 aromatic carbocycles. The van der Waals surface area contributed by atoms with Crippen LogP contribution in [0.1, 0.15) is 27.6 Å². The van der Waals surface area contributed by atoms with Crippen LogP contribution in [0.2, 0.25) is 19.6 Å². The van der Waals surface area contributed by atoms with Crippen LogP contribution in [-0.2, 0) is 9.22 Å². The number of nitrogens with zero attached hydrogens (tertiary/aromatic N) is 1. The summed E-state index contributed by atoms with van der Waals surface area (Å²) in [5.74, 6) is -1.10. The van der Waals surface area contributed by atoms with Crippen molar-refractivity contribution in [2.75, 3.05) is 6.54 Å². The molecule has 0 spiro atoms. The standard InChI is InChI=1S/C23H27NO4Si/c1-16(28-29(2,3)4)20-21(22(26)18-13-9-6-10-14-18)24(23(20)27)15-19(25)17-11-7-5-8-12-17/h5-14,16,20-21H,15H2,1-4H3/t16-,20-,21+/m1/s1. The van der Waals surface area contributed by atoms with Gasteiger partial charge in [-0.25, -0.2) is 0 Å². The third kappa shape index (κ3) is 4.71. The van der Waals surface area contributed by atoms with Gasteiger partial charge in [0.05, 0.1) is 18.6 Å². The highest BCUT2D eigenvalue weighted by Crippen LogP contribution is 2.34. The van der Waals surface area contributed by atoms with Gasteiger partial charge in [-0.2, -0.15) is 0 Å². The van der Waals surface area contributed by atoms with Gasteiger partial charge >= 0.3 is 0 Å². The fourth-order valence-electron chi connectivity index (χ4n) is 3.79. The third-order valence-corrected chi connectivity index (χ3v) is 6.10. The number of hydrogen-bond acceptors (Lipinski definition) is 4. The van der Waals surface area contributed by atoms with Crippen molar-refractivity contribution >= 4 is 25.8 Å². The Morgan fingerprint density at radius 1 is 0.966 bits per heavy atom. The van der Waals surface area contributed by atoms with E-state index in [-0.39, 0.29) is 30.1 Å². The van der Waals surface area contributed by atoms with Gasteiger partial charge in [0.15, 0.2) is 19.9 Å². The lowest BCUT2D eigenvalue weighted by molar-refractivity contribution is -0.158. The van der Waals surface area contributed by atoms with Crippen LogP contribution < -0.4 is 0 Å². The predicted octanol–water partition coefficient (Wildman–Crippen LogP) is 3.82. The third-order valence-electron chi connectivity index (χ3n) is 5.03. The van der Waals surface area contributed by atoms with Gasteiger partial charge in [0.1, 0.15) is 6.04 Å². The number of rotatable bonds is 8. The molecule has 3 rings (SSSR count). The van der Waals surface area contributed by atoms with Crippen molar-refractivity contribution in [3.05, 3.63) is 71.8 Å². The molecule has 0 N–H and O–H groups in total. The predicted molar refractivity (Wildman–Crippen MR) is 114 cm³/mol. The molecule has 2 aromatic rings. The minimum absolute atomic E-state index is 0.109. The van der Waals surface area contributed by atoms with Crippen molar-refractivity contribution in [1.29, 1.82) is 0 Å². The number of Topliss-reactive ketones (excluding diaryl/α,β-unsaturated/α-hetero) is 2. The molecule has 3 atom stereocenters. The average molecular weight is 410 g/mol. The van der Waals surface area contributed by atoms with Crippen molar-refractivity contribution in [2.45, 2.75) is 38.7 Å². The number of hydrogen-bond donors (Lipinski definition) is 0. The Hall–Kier alpha value is -2.57. The molecular weight excluding hydrogens is 382 g/mol. The maximum Gasteiger partial charge on any atom is 0.231 e. The summed E-state index contributed by atoms with van der Waals surface area (Å²) in [4.78, 5) is 40.3. The maximum atomic E-state index is 13.2. The Balaban J connectivity index is 1.86. The van der Waals surface area contributed by atoms with Crippen molar-refractivity contribution in [2.24, 2.45) is 5.92 Å². The monoisotopic (exact) mass is 409 g/mol. The topological polar surface area (TPSA) is 63.7 Å². The highest BCUT2D eigenvalue weighted by molar-refractivity contribution is 6.69. The Bertz CT molecular complexity index is 892. The lowest BCUT2D eigenvalue weighted by Gasteiger charge is -2.49. The fraction of sp³-hybridized carbons (Fsp3) is 0.348. The molecule has 6 heteroatoms. The Morgan fingerprint density at radius 2 is 1.48 bits per heavy atom. The molecule has 0 bridgehead atoms. The number of carbonyl (C=O) groups is 3. The summed E-state index contributed by atoms with van der Waals surface area (Å²) in [6.45, 7) is 7.90. The SMILES string of the molecule is C[C@@H](O[Si](C)(C)C)[C@H]1C(=O)N(CC(=O)c2ccccc2)[C@@H]1C(=O)c1ccccc1. The molecule has 0 aliphatic carbocycles. The summed E-state index contributed by atoms with van der Waals surface area (Å²) in [5, 5.41) is 0. The highest BCUT2D eigenvalue weighted by atomic mass is 28.4. The zero-order chi connectivity index (χ0) is 21.2. The van der Waals surface area contributed by atoms with Crippen LogP contribution in [0.15, 0.2) is 60.7 Å². The average Bonchev–Trinajstić information content (AvgIpc) is 2.69. The molecule has 1 fully saturated rings. The van der Waals surface area contributed by atoms with E-state index >= 15 is 0 Å². The summed E-state index contributed by atoms with van der Waals surface area (Å²) >= 11 is 0. The molecule has 0 aromatic heterocycles.